The van der Waals surface area contributed by atoms with E-state index >= 15 is 0 Å². The van der Waals surface area contributed by atoms with Crippen LogP contribution in [0, 0.1) is 11.3 Å². The smallest absolute Gasteiger partial charge is 0.166 e. The minimum absolute atomic E-state index is 0.366. The predicted molar refractivity (Wildman–Crippen MR) is 54.5 cm³/mol. The molecule has 4 nitrogen and oxygen atoms in total. The van der Waals surface area contributed by atoms with E-state index in [0.29, 0.717) is 18.0 Å². The molecule has 0 aliphatic heterocycles. The molecule has 0 spiro atoms. The molecule has 0 amide bonds. The van der Waals surface area contributed by atoms with Crippen LogP contribution in [0.2, 0.25) is 0 Å². The van der Waals surface area contributed by atoms with Gasteiger partial charge in [0.1, 0.15) is 0 Å². The molecule has 0 unspecified atom stereocenters. The van der Waals surface area contributed by atoms with Crippen molar-refractivity contribution in [3.63, 3.8) is 0 Å². The van der Waals surface area contributed by atoms with Gasteiger partial charge in [0.2, 0.25) is 0 Å². The fourth-order valence-corrected chi connectivity index (χ4v) is 0.973. The van der Waals surface area contributed by atoms with Gasteiger partial charge in [0.25, 0.3) is 0 Å². The summed E-state index contributed by atoms with van der Waals surface area (Å²) in [5.41, 5.74) is 6.41. The summed E-state index contributed by atoms with van der Waals surface area (Å²) in [6.07, 6.45) is 5.57. The Bertz CT molecular complexity index is 379. The summed E-state index contributed by atoms with van der Waals surface area (Å²) in [5.74, 6) is 0.911. The van der Waals surface area contributed by atoms with E-state index in [1.165, 1.54) is 7.11 Å². The first-order chi connectivity index (χ1) is 6.77. The van der Waals surface area contributed by atoms with Gasteiger partial charge in [0.05, 0.1) is 19.6 Å². The Kier molecular flexibility index (Phi) is 3.50. The molecule has 0 aromatic carbocycles. The first-order valence-corrected chi connectivity index (χ1v) is 4.11. The number of ether oxygens (including phenoxy) is 1. The Balaban J connectivity index is 2.85. The zero-order valence-electron chi connectivity index (χ0n) is 7.90. The lowest BCUT2D eigenvalue weighted by molar-refractivity contribution is 0.415. The van der Waals surface area contributed by atoms with E-state index in [4.69, 9.17) is 15.7 Å². The number of aromatic nitrogens is 1. The molecule has 72 valence electrons. The number of hydrogen-bond acceptors (Lipinski definition) is 4. The molecule has 14 heavy (non-hydrogen) atoms. The molecule has 0 atom stereocenters. The third-order valence-electron chi connectivity index (χ3n) is 1.64. The number of pyridine rings is 1. The van der Waals surface area contributed by atoms with Crippen molar-refractivity contribution in [2.75, 3.05) is 12.8 Å². The van der Waals surface area contributed by atoms with Gasteiger partial charge in [-0.05, 0) is 11.6 Å². The second-order valence-corrected chi connectivity index (χ2v) is 2.62. The Morgan fingerprint density at radius 2 is 2.50 bits per heavy atom. The lowest BCUT2D eigenvalue weighted by atomic mass is 10.2. The molecule has 0 radical (unpaired) electrons. The van der Waals surface area contributed by atoms with Crippen LogP contribution >= 0.6 is 0 Å². The Morgan fingerprint density at radius 1 is 1.71 bits per heavy atom. The fourth-order valence-electron chi connectivity index (χ4n) is 0.973. The summed E-state index contributed by atoms with van der Waals surface area (Å²) in [4.78, 5) is 3.95. The summed E-state index contributed by atoms with van der Waals surface area (Å²) in [5, 5.41) is 8.33. The molecule has 4 heteroatoms. The average molecular weight is 189 g/mol. The molecule has 0 aliphatic rings. The fraction of sp³-hybridized carbons (Fsp3) is 0.200. The van der Waals surface area contributed by atoms with Gasteiger partial charge in [0, 0.05) is 6.20 Å². The minimum atomic E-state index is 0.366. The van der Waals surface area contributed by atoms with Crippen LogP contribution < -0.4 is 10.5 Å². The predicted octanol–water partition coefficient (Wildman–Crippen LogP) is 1.60. The highest BCUT2D eigenvalue weighted by Gasteiger charge is 1.99. The molecule has 1 heterocycles. The summed E-state index contributed by atoms with van der Waals surface area (Å²) in [7, 11) is 1.54. The maximum Gasteiger partial charge on any atom is 0.166 e. The van der Waals surface area contributed by atoms with E-state index in [2.05, 4.69) is 4.98 Å². The number of nitrogens with zero attached hydrogens (tertiary/aromatic N) is 2. The Morgan fingerprint density at radius 3 is 3.14 bits per heavy atom. The number of nitrogens with two attached hydrogens (primary N) is 1. The molecule has 0 saturated heterocycles. The van der Waals surface area contributed by atoms with E-state index in [1.54, 1.807) is 24.4 Å². The number of nitrogen functional groups attached to an aromatic ring is 1. The highest BCUT2D eigenvalue weighted by atomic mass is 16.5. The number of rotatable bonds is 3. The third-order valence-corrected chi connectivity index (χ3v) is 1.64. The van der Waals surface area contributed by atoms with E-state index in [1.807, 2.05) is 6.07 Å². The van der Waals surface area contributed by atoms with Gasteiger partial charge in [-0.15, -0.1) is 0 Å². The van der Waals surface area contributed by atoms with Gasteiger partial charge in [0.15, 0.2) is 11.6 Å². The lowest BCUT2D eigenvalue weighted by Gasteiger charge is -2.03. The van der Waals surface area contributed by atoms with Crippen LogP contribution in [-0.4, -0.2) is 12.1 Å². The maximum absolute atomic E-state index is 8.33. The summed E-state index contributed by atoms with van der Waals surface area (Å²) in [6, 6.07) is 3.79. The standard InChI is InChI=1S/C10H11N3O/c1-14-9-6-8(4-2-3-5-11)7-13-10(9)12/h2,4,6-7H,3H2,1H3,(H2,12,13). The van der Waals surface area contributed by atoms with Crippen LogP contribution in [0.3, 0.4) is 0 Å². The number of hydrogen-bond donors (Lipinski definition) is 1. The monoisotopic (exact) mass is 189 g/mol. The van der Waals surface area contributed by atoms with E-state index in [0.717, 1.165) is 5.56 Å². The largest absolute Gasteiger partial charge is 0.493 e. The molecule has 2 N–H and O–H groups in total. The molecule has 1 aromatic heterocycles. The summed E-state index contributed by atoms with van der Waals surface area (Å²) in [6.45, 7) is 0. The van der Waals surface area contributed by atoms with Crippen molar-refractivity contribution in [2.45, 2.75) is 6.42 Å². The van der Waals surface area contributed by atoms with Crippen molar-refractivity contribution in [1.82, 2.24) is 4.98 Å². The van der Waals surface area contributed by atoms with Crippen LogP contribution in [0.15, 0.2) is 18.3 Å². The summed E-state index contributed by atoms with van der Waals surface area (Å²) < 4.78 is 5.01. The molecule has 1 rings (SSSR count). The van der Waals surface area contributed by atoms with Crippen LogP contribution in [0.25, 0.3) is 6.08 Å². The van der Waals surface area contributed by atoms with Crippen LogP contribution in [0.5, 0.6) is 5.75 Å². The second kappa shape index (κ2) is 4.87. The highest BCUT2D eigenvalue weighted by Crippen LogP contribution is 2.19. The Hall–Kier alpha value is -2.02. The zero-order chi connectivity index (χ0) is 10.4. The first-order valence-electron chi connectivity index (χ1n) is 4.11. The molecular formula is C10H11N3O. The van der Waals surface area contributed by atoms with Crippen molar-refractivity contribution in [3.8, 4) is 11.8 Å². The zero-order valence-corrected chi connectivity index (χ0v) is 7.90. The second-order valence-electron chi connectivity index (χ2n) is 2.62. The van der Waals surface area contributed by atoms with Crippen LogP contribution in [-0.2, 0) is 0 Å². The number of allylic oxidation sites excluding steroid dienone is 1. The molecule has 0 aliphatic carbocycles. The van der Waals surface area contributed by atoms with E-state index < -0.39 is 0 Å². The van der Waals surface area contributed by atoms with Gasteiger partial charge >= 0.3 is 0 Å². The molecule has 0 bridgehead atoms. The minimum Gasteiger partial charge on any atom is -0.493 e. The number of anilines is 1. The van der Waals surface area contributed by atoms with Crippen molar-refractivity contribution in [1.29, 1.82) is 5.26 Å². The lowest BCUT2D eigenvalue weighted by Crippen LogP contribution is -1.95. The van der Waals surface area contributed by atoms with Gasteiger partial charge in [-0.2, -0.15) is 5.26 Å². The molecule has 1 aromatic rings. The normalized spacial score (nSPS) is 10.0. The van der Waals surface area contributed by atoms with Crippen molar-refractivity contribution in [3.05, 3.63) is 23.9 Å². The van der Waals surface area contributed by atoms with Crippen molar-refractivity contribution in [2.24, 2.45) is 0 Å². The maximum atomic E-state index is 8.33. The summed E-state index contributed by atoms with van der Waals surface area (Å²) >= 11 is 0. The third kappa shape index (κ3) is 2.49. The van der Waals surface area contributed by atoms with E-state index in [-0.39, 0.29) is 0 Å². The van der Waals surface area contributed by atoms with Crippen molar-refractivity contribution < 1.29 is 4.74 Å². The number of nitriles is 1. The SMILES string of the molecule is COc1cc(C=CCC#N)cnc1N. The van der Waals surface area contributed by atoms with Gasteiger partial charge in [-0.25, -0.2) is 4.98 Å². The number of methoxy groups -OCH3 is 1. The van der Waals surface area contributed by atoms with Gasteiger partial charge < -0.3 is 10.5 Å². The topological polar surface area (TPSA) is 71.9 Å². The quantitative estimate of drug-likeness (QED) is 0.783. The molecule has 0 fully saturated rings. The average Bonchev–Trinajstić information content (AvgIpc) is 2.21. The van der Waals surface area contributed by atoms with Crippen LogP contribution in [0.1, 0.15) is 12.0 Å². The Labute approximate surface area is 82.6 Å². The van der Waals surface area contributed by atoms with Crippen LogP contribution in [0.4, 0.5) is 5.82 Å². The van der Waals surface area contributed by atoms with Crippen molar-refractivity contribution >= 4 is 11.9 Å². The van der Waals surface area contributed by atoms with Gasteiger partial charge in [-0.3, -0.25) is 0 Å². The first kappa shape index (κ1) is 10.1. The van der Waals surface area contributed by atoms with E-state index in [9.17, 15) is 0 Å². The molecular weight excluding hydrogens is 178 g/mol. The highest BCUT2D eigenvalue weighted by molar-refractivity contribution is 5.56. The van der Waals surface area contributed by atoms with Gasteiger partial charge in [-0.1, -0.05) is 12.2 Å². The molecule has 0 saturated carbocycles.